The van der Waals surface area contributed by atoms with Crippen LogP contribution in [0.3, 0.4) is 0 Å². The van der Waals surface area contributed by atoms with Crippen LogP contribution in [0.5, 0.6) is 0 Å². The number of para-hydroxylation sites is 1. The maximum Gasteiger partial charge on any atom is 0.434 e. The maximum absolute atomic E-state index is 13.6. The van der Waals surface area contributed by atoms with Crippen molar-refractivity contribution >= 4 is 5.91 Å². The van der Waals surface area contributed by atoms with Crippen LogP contribution in [-0.2, 0) is 18.9 Å². The summed E-state index contributed by atoms with van der Waals surface area (Å²) in [6.07, 6.45) is -8.67. The highest BCUT2D eigenvalue weighted by Crippen LogP contribution is 2.34. The van der Waals surface area contributed by atoms with Gasteiger partial charge in [-0.1, -0.05) is 30.3 Å². The van der Waals surface area contributed by atoms with Crippen LogP contribution in [-0.4, -0.2) is 15.7 Å². The molecule has 2 aromatic carbocycles. The lowest BCUT2D eigenvalue weighted by Gasteiger charge is -2.13. The van der Waals surface area contributed by atoms with Crippen LogP contribution in [0, 0.1) is 0 Å². The van der Waals surface area contributed by atoms with Crippen LogP contribution >= 0.6 is 0 Å². The second kappa shape index (κ2) is 7.61. The van der Waals surface area contributed by atoms with Crippen molar-refractivity contribution in [2.24, 2.45) is 0 Å². The van der Waals surface area contributed by atoms with E-state index in [1.165, 1.54) is 30.3 Å². The van der Waals surface area contributed by atoms with E-state index in [9.17, 15) is 31.1 Å². The molecule has 3 aromatic rings. The average Bonchev–Trinajstić information content (AvgIpc) is 3.12. The number of aromatic nitrogens is 2. The van der Waals surface area contributed by atoms with Gasteiger partial charge in [0.25, 0.3) is 5.91 Å². The molecule has 0 bridgehead atoms. The van der Waals surface area contributed by atoms with Crippen molar-refractivity contribution in [1.82, 2.24) is 15.1 Å². The Morgan fingerprint density at radius 1 is 0.931 bits per heavy atom. The van der Waals surface area contributed by atoms with Crippen molar-refractivity contribution in [3.05, 3.63) is 83.2 Å². The molecule has 1 heterocycles. The molecule has 0 radical (unpaired) electrons. The number of nitrogens with zero attached hydrogens (tertiary/aromatic N) is 2. The van der Waals surface area contributed by atoms with Gasteiger partial charge in [-0.2, -0.15) is 31.4 Å². The van der Waals surface area contributed by atoms with Gasteiger partial charge in [0.1, 0.15) is 0 Å². The molecule has 0 aliphatic rings. The lowest BCUT2D eigenvalue weighted by molar-refractivity contribution is -0.143. The fourth-order valence-electron chi connectivity index (χ4n) is 2.69. The van der Waals surface area contributed by atoms with Crippen LogP contribution in [0.15, 0.2) is 60.8 Å². The molecular formula is C19H13F6N3O. The first-order valence-corrected chi connectivity index (χ1v) is 8.22. The lowest BCUT2D eigenvalue weighted by Crippen LogP contribution is -2.26. The van der Waals surface area contributed by atoms with E-state index in [0.717, 1.165) is 24.4 Å². The number of rotatable bonds is 4. The van der Waals surface area contributed by atoms with Gasteiger partial charge < -0.3 is 5.32 Å². The van der Waals surface area contributed by atoms with Gasteiger partial charge in [0.15, 0.2) is 5.69 Å². The molecule has 1 amide bonds. The van der Waals surface area contributed by atoms with Gasteiger partial charge in [0.05, 0.1) is 23.0 Å². The molecule has 10 heteroatoms. The van der Waals surface area contributed by atoms with Crippen molar-refractivity contribution in [3.63, 3.8) is 0 Å². The molecule has 4 nitrogen and oxygen atoms in total. The summed E-state index contributed by atoms with van der Waals surface area (Å²) in [6.45, 7) is -0.378. The van der Waals surface area contributed by atoms with E-state index in [4.69, 9.17) is 0 Å². The van der Waals surface area contributed by atoms with E-state index < -0.39 is 35.1 Å². The van der Waals surface area contributed by atoms with E-state index in [-0.39, 0.29) is 17.8 Å². The summed E-state index contributed by atoms with van der Waals surface area (Å²) >= 11 is 0. The topological polar surface area (TPSA) is 46.9 Å². The van der Waals surface area contributed by atoms with Crippen LogP contribution < -0.4 is 5.32 Å². The lowest BCUT2D eigenvalue weighted by atomic mass is 10.1. The van der Waals surface area contributed by atoms with Crippen molar-refractivity contribution in [3.8, 4) is 5.69 Å². The molecule has 1 N–H and O–H groups in total. The molecule has 152 valence electrons. The minimum atomic E-state index is -4.88. The van der Waals surface area contributed by atoms with Crippen LogP contribution in [0.4, 0.5) is 26.3 Å². The highest BCUT2D eigenvalue weighted by atomic mass is 19.4. The third-order valence-corrected chi connectivity index (χ3v) is 3.99. The second-order valence-electron chi connectivity index (χ2n) is 6.03. The fourth-order valence-corrected chi connectivity index (χ4v) is 2.69. The summed E-state index contributed by atoms with van der Waals surface area (Å²) in [7, 11) is 0. The molecule has 1 aromatic heterocycles. The smallest absolute Gasteiger partial charge is 0.348 e. The Hall–Kier alpha value is -3.30. The van der Waals surface area contributed by atoms with Gasteiger partial charge >= 0.3 is 12.4 Å². The minimum absolute atomic E-state index is 0.0946. The van der Waals surface area contributed by atoms with E-state index in [0.29, 0.717) is 4.68 Å². The molecular weight excluding hydrogens is 400 g/mol. The number of benzene rings is 2. The zero-order chi connectivity index (χ0) is 21.2. The highest BCUT2D eigenvalue weighted by molar-refractivity contribution is 5.95. The minimum Gasteiger partial charge on any atom is -0.348 e. The predicted molar refractivity (Wildman–Crippen MR) is 91.2 cm³/mol. The molecule has 0 aliphatic heterocycles. The fraction of sp³-hybridized carbons (Fsp3) is 0.158. The van der Waals surface area contributed by atoms with Gasteiger partial charge in [-0.05, 0) is 29.8 Å². The Bertz CT molecular complexity index is 1010. The van der Waals surface area contributed by atoms with E-state index >= 15 is 0 Å². The van der Waals surface area contributed by atoms with Gasteiger partial charge in [0.2, 0.25) is 0 Å². The van der Waals surface area contributed by atoms with E-state index in [2.05, 4.69) is 10.4 Å². The van der Waals surface area contributed by atoms with Crippen LogP contribution in [0.1, 0.15) is 27.2 Å². The van der Waals surface area contributed by atoms with Crippen molar-refractivity contribution in [2.75, 3.05) is 0 Å². The van der Waals surface area contributed by atoms with E-state index in [1.807, 2.05) is 0 Å². The molecule has 0 atom stereocenters. The van der Waals surface area contributed by atoms with Crippen molar-refractivity contribution in [1.29, 1.82) is 0 Å². The number of hydrogen-bond acceptors (Lipinski definition) is 2. The van der Waals surface area contributed by atoms with Gasteiger partial charge in [-0.15, -0.1) is 0 Å². The van der Waals surface area contributed by atoms with Crippen LogP contribution in [0.2, 0.25) is 0 Å². The Labute approximate surface area is 160 Å². The Morgan fingerprint density at radius 3 is 2.24 bits per heavy atom. The first kappa shape index (κ1) is 20.4. The number of amides is 1. The van der Waals surface area contributed by atoms with E-state index in [1.54, 1.807) is 6.07 Å². The van der Waals surface area contributed by atoms with Gasteiger partial charge in [-0.25, -0.2) is 4.68 Å². The Kier molecular flexibility index (Phi) is 5.36. The molecule has 0 unspecified atom stereocenters. The number of hydrogen-bond donors (Lipinski definition) is 1. The number of halogens is 6. The third-order valence-electron chi connectivity index (χ3n) is 3.99. The van der Waals surface area contributed by atoms with Gasteiger partial charge in [0, 0.05) is 6.54 Å². The summed E-state index contributed by atoms with van der Waals surface area (Å²) in [5.41, 5.74) is -2.72. The average molecular weight is 413 g/mol. The first-order chi connectivity index (χ1) is 13.6. The van der Waals surface area contributed by atoms with Crippen LogP contribution in [0.25, 0.3) is 5.69 Å². The molecule has 0 saturated carbocycles. The number of carbonyl (C=O) groups is 1. The summed E-state index contributed by atoms with van der Waals surface area (Å²) in [6, 6.07) is 11.6. The molecule has 29 heavy (non-hydrogen) atoms. The summed E-state index contributed by atoms with van der Waals surface area (Å²) < 4.78 is 79.6. The predicted octanol–water partition coefficient (Wildman–Crippen LogP) is 4.84. The summed E-state index contributed by atoms with van der Waals surface area (Å²) in [5.74, 6) is -1.10. The van der Waals surface area contributed by atoms with Crippen molar-refractivity contribution in [2.45, 2.75) is 18.9 Å². The molecule has 0 saturated heterocycles. The maximum atomic E-state index is 13.6. The van der Waals surface area contributed by atoms with Gasteiger partial charge in [-0.3, -0.25) is 4.79 Å². The molecule has 0 spiro atoms. The number of carbonyl (C=O) groups excluding carboxylic acids is 1. The highest BCUT2D eigenvalue weighted by Gasteiger charge is 2.40. The summed E-state index contributed by atoms with van der Waals surface area (Å²) in [5, 5.41) is 5.87. The zero-order valence-corrected chi connectivity index (χ0v) is 14.6. The Balaban J connectivity index is 1.86. The third kappa shape index (κ3) is 4.58. The summed E-state index contributed by atoms with van der Waals surface area (Å²) in [4.78, 5) is 12.3. The first-order valence-electron chi connectivity index (χ1n) is 8.22. The number of nitrogens with one attached hydrogen (secondary N) is 1. The largest absolute Gasteiger partial charge is 0.434 e. The monoisotopic (exact) mass is 413 g/mol. The SMILES string of the molecule is O=C(NCc1cccc(C(F)(F)F)c1)c1cnn(-c2ccccc2)c1C(F)(F)F. The zero-order valence-electron chi connectivity index (χ0n) is 14.6. The van der Waals surface area contributed by atoms with Crippen molar-refractivity contribution < 1.29 is 31.1 Å². The molecule has 3 rings (SSSR count). The molecule has 0 fully saturated rings. The molecule has 0 aliphatic carbocycles. The second-order valence-corrected chi connectivity index (χ2v) is 6.03. The Morgan fingerprint density at radius 2 is 1.62 bits per heavy atom. The standard InChI is InChI=1S/C19H13F6N3O/c20-18(21,22)13-6-4-5-12(9-13)10-26-17(29)15-11-27-28(16(15)19(23,24)25)14-7-2-1-3-8-14/h1-9,11H,10H2,(H,26,29). The quantitative estimate of drug-likeness (QED) is 0.623. The number of alkyl halides is 6. The normalized spacial score (nSPS) is 12.1.